The van der Waals surface area contributed by atoms with E-state index in [-0.39, 0.29) is 17.3 Å². The number of amides is 1. The molecule has 3 aromatic rings. The van der Waals surface area contributed by atoms with Gasteiger partial charge in [-0.3, -0.25) is 4.79 Å². The number of hydrogen-bond donors (Lipinski definition) is 1. The van der Waals surface area contributed by atoms with Gasteiger partial charge in [0.05, 0.1) is 22.7 Å². The van der Waals surface area contributed by atoms with Crippen LogP contribution in [-0.2, 0) is 14.8 Å². The fraction of sp³-hybridized carbons (Fsp3) is 0.263. The predicted octanol–water partition coefficient (Wildman–Crippen LogP) is 1.70. The Hall–Kier alpha value is -3.11. The molecule has 29 heavy (non-hydrogen) atoms. The summed E-state index contributed by atoms with van der Waals surface area (Å²) in [6.07, 6.45) is 5.75. The molecule has 1 aliphatic heterocycles. The first kappa shape index (κ1) is 19.2. The van der Waals surface area contributed by atoms with E-state index in [1.54, 1.807) is 42.5 Å². The van der Waals surface area contributed by atoms with Crippen LogP contribution in [0.15, 0.2) is 66.2 Å². The van der Waals surface area contributed by atoms with Crippen LogP contribution in [0.2, 0.25) is 0 Å². The second-order valence-corrected chi connectivity index (χ2v) is 8.69. The molecule has 1 amide bonds. The van der Waals surface area contributed by atoms with Crippen LogP contribution in [0.5, 0.6) is 0 Å². The molecule has 2 aromatic heterocycles. The summed E-state index contributed by atoms with van der Waals surface area (Å²) in [5.41, 5.74) is 0.543. The molecule has 1 atom stereocenters. The van der Waals surface area contributed by atoms with Crippen molar-refractivity contribution in [1.29, 1.82) is 0 Å². The van der Waals surface area contributed by atoms with Crippen LogP contribution in [0, 0.1) is 5.92 Å². The second-order valence-electron chi connectivity index (χ2n) is 6.75. The van der Waals surface area contributed by atoms with Gasteiger partial charge in [-0.05, 0) is 37.1 Å². The van der Waals surface area contributed by atoms with Crippen LogP contribution >= 0.6 is 0 Å². The molecule has 10 heteroatoms. The number of pyridine rings is 1. The van der Waals surface area contributed by atoms with Crippen LogP contribution in [0.4, 0.5) is 5.69 Å². The maximum atomic E-state index is 12.8. The van der Waals surface area contributed by atoms with Crippen molar-refractivity contribution in [2.24, 2.45) is 5.92 Å². The molecule has 1 aliphatic rings. The molecule has 0 aliphatic carbocycles. The van der Waals surface area contributed by atoms with Gasteiger partial charge in [0.1, 0.15) is 12.7 Å². The van der Waals surface area contributed by atoms with Crippen molar-refractivity contribution in [3.63, 3.8) is 0 Å². The topological polar surface area (TPSA) is 110 Å². The highest BCUT2D eigenvalue weighted by atomic mass is 32.2. The van der Waals surface area contributed by atoms with E-state index in [9.17, 15) is 13.2 Å². The van der Waals surface area contributed by atoms with Gasteiger partial charge in [-0.15, -0.1) is 0 Å². The fourth-order valence-electron chi connectivity index (χ4n) is 3.28. The minimum absolute atomic E-state index is 0.160. The van der Waals surface area contributed by atoms with Gasteiger partial charge in [-0.2, -0.15) is 9.40 Å². The van der Waals surface area contributed by atoms with Crippen LogP contribution in [0.25, 0.3) is 5.82 Å². The van der Waals surface area contributed by atoms with Crippen LogP contribution in [0.3, 0.4) is 0 Å². The lowest BCUT2D eigenvalue weighted by molar-refractivity contribution is -0.120. The Bertz CT molecular complexity index is 1070. The first-order valence-electron chi connectivity index (χ1n) is 9.21. The van der Waals surface area contributed by atoms with Gasteiger partial charge in [-0.25, -0.2) is 23.1 Å². The lowest BCUT2D eigenvalue weighted by atomic mass is 9.99. The van der Waals surface area contributed by atoms with Gasteiger partial charge in [-0.1, -0.05) is 18.2 Å². The number of rotatable bonds is 5. The molecule has 1 saturated heterocycles. The van der Waals surface area contributed by atoms with Gasteiger partial charge >= 0.3 is 0 Å². The highest BCUT2D eigenvalue weighted by Gasteiger charge is 2.33. The summed E-state index contributed by atoms with van der Waals surface area (Å²) in [6.45, 7) is 0.572. The summed E-state index contributed by atoms with van der Waals surface area (Å²) in [5.74, 6) is -0.0520. The average molecular weight is 412 g/mol. The van der Waals surface area contributed by atoms with E-state index >= 15 is 0 Å². The summed E-state index contributed by atoms with van der Waals surface area (Å²) < 4.78 is 28.6. The summed E-state index contributed by atoms with van der Waals surface area (Å²) in [7, 11) is -3.61. The Morgan fingerprint density at radius 1 is 1.14 bits per heavy atom. The molecule has 1 N–H and O–H groups in total. The van der Waals surface area contributed by atoms with Gasteiger partial charge in [0.2, 0.25) is 15.9 Å². The lowest BCUT2D eigenvalue weighted by Crippen LogP contribution is -2.43. The quantitative estimate of drug-likeness (QED) is 0.683. The largest absolute Gasteiger partial charge is 0.324 e. The summed E-state index contributed by atoms with van der Waals surface area (Å²) >= 11 is 0. The van der Waals surface area contributed by atoms with Crippen molar-refractivity contribution < 1.29 is 13.2 Å². The van der Waals surface area contributed by atoms with E-state index < -0.39 is 15.9 Å². The van der Waals surface area contributed by atoms with Crippen LogP contribution in [-0.4, -0.2) is 51.5 Å². The number of nitrogens with zero attached hydrogens (tertiary/aromatic N) is 5. The van der Waals surface area contributed by atoms with Gasteiger partial charge in [0.15, 0.2) is 5.82 Å². The van der Waals surface area contributed by atoms with E-state index in [1.807, 2.05) is 0 Å². The maximum Gasteiger partial charge on any atom is 0.243 e. The minimum Gasteiger partial charge on any atom is -0.324 e. The van der Waals surface area contributed by atoms with E-state index in [2.05, 4.69) is 20.4 Å². The Labute approximate surface area is 168 Å². The van der Waals surface area contributed by atoms with Crippen molar-refractivity contribution in [2.45, 2.75) is 17.7 Å². The Balaban J connectivity index is 1.42. The van der Waals surface area contributed by atoms with E-state index in [0.29, 0.717) is 30.9 Å². The van der Waals surface area contributed by atoms with Crippen molar-refractivity contribution >= 4 is 21.6 Å². The van der Waals surface area contributed by atoms with Crippen molar-refractivity contribution in [3.8, 4) is 5.82 Å². The predicted molar refractivity (Wildman–Crippen MR) is 106 cm³/mol. The molecule has 1 unspecified atom stereocenters. The molecule has 9 nitrogen and oxygen atoms in total. The highest BCUT2D eigenvalue weighted by molar-refractivity contribution is 7.89. The van der Waals surface area contributed by atoms with Crippen molar-refractivity contribution in [3.05, 3.63) is 61.3 Å². The number of carbonyl (C=O) groups is 1. The Kier molecular flexibility index (Phi) is 5.36. The molecule has 1 fully saturated rings. The zero-order valence-corrected chi connectivity index (χ0v) is 16.4. The van der Waals surface area contributed by atoms with Crippen LogP contribution in [0.1, 0.15) is 12.8 Å². The lowest BCUT2D eigenvalue weighted by Gasteiger charge is -2.31. The monoisotopic (exact) mass is 412 g/mol. The van der Waals surface area contributed by atoms with Crippen molar-refractivity contribution in [1.82, 2.24) is 24.1 Å². The first-order chi connectivity index (χ1) is 14.0. The normalized spacial score (nSPS) is 17.7. The second kappa shape index (κ2) is 8.10. The number of benzene rings is 1. The van der Waals surface area contributed by atoms with Gasteiger partial charge < -0.3 is 5.32 Å². The van der Waals surface area contributed by atoms with Gasteiger partial charge in [0.25, 0.3) is 0 Å². The molecule has 150 valence electrons. The highest BCUT2D eigenvalue weighted by Crippen LogP contribution is 2.24. The molecule has 4 rings (SSSR count). The molecular weight excluding hydrogens is 392 g/mol. The summed E-state index contributed by atoms with van der Waals surface area (Å²) in [5, 5.41) is 6.83. The number of carbonyl (C=O) groups excluding carboxylic acids is 1. The number of piperidine rings is 1. The molecule has 0 bridgehead atoms. The summed E-state index contributed by atoms with van der Waals surface area (Å²) in [4.78, 5) is 21.1. The third-order valence-corrected chi connectivity index (χ3v) is 6.68. The SMILES string of the molecule is O=C(Nc1ccc(-n2cncn2)nc1)C1CCCN(S(=O)(=O)c2ccccc2)C1. The molecule has 1 aromatic carbocycles. The molecular formula is C19H20N6O3S. The maximum absolute atomic E-state index is 12.8. The smallest absolute Gasteiger partial charge is 0.243 e. The molecule has 0 radical (unpaired) electrons. The molecule has 0 saturated carbocycles. The number of sulfonamides is 1. The third-order valence-electron chi connectivity index (χ3n) is 4.80. The Morgan fingerprint density at radius 2 is 1.97 bits per heavy atom. The van der Waals surface area contributed by atoms with E-state index in [0.717, 1.165) is 0 Å². The summed E-state index contributed by atoms with van der Waals surface area (Å²) in [6, 6.07) is 11.7. The number of aromatic nitrogens is 4. The average Bonchev–Trinajstić information content (AvgIpc) is 3.30. The van der Waals surface area contributed by atoms with E-state index in [4.69, 9.17) is 0 Å². The number of nitrogens with one attached hydrogen (secondary N) is 1. The number of anilines is 1. The van der Waals surface area contributed by atoms with Gasteiger partial charge in [0, 0.05) is 13.1 Å². The Morgan fingerprint density at radius 3 is 2.66 bits per heavy atom. The zero-order valence-electron chi connectivity index (χ0n) is 15.5. The first-order valence-corrected chi connectivity index (χ1v) is 10.7. The standard InChI is InChI=1S/C19H20N6O3S/c26-19(23-16-8-9-18(21-11-16)25-14-20-13-22-25)15-5-4-10-24(12-15)29(27,28)17-6-2-1-3-7-17/h1-3,6-9,11,13-15H,4-5,10,12H2,(H,23,26). The zero-order chi connectivity index (χ0) is 20.3. The van der Waals surface area contributed by atoms with E-state index in [1.165, 1.54) is 27.8 Å². The molecule has 0 spiro atoms. The number of hydrogen-bond acceptors (Lipinski definition) is 6. The minimum atomic E-state index is -3.61. The van der Waals surface area contributed by atoms with Crippen LogP contribution < -0.4 is 5.32 Å². The third kappa shape index (κ3) is 4.17. The fourth-order valence-corrected chi connectivity index (χ4v) is 4.83. The van der Waals surface area contributed by atoms with Crippen molar-refractivity contribution in [2.75, 3.05) is 18.4 Å². The molecule has 3 heterocycles.